The van der Waals surface area contributed by atoms with Gasteiger partial charge in [-0.1, -0.05) is 0 Å². The largest absolute Gasteiger partial charge is 0.407 e. The first-order valence-electron chi connectivity index (χ1n) is 4.58. The molecule has 0 saturated carbocycles. The second kappa shape index (κ2) is 3.57. The monoisotopic (exact) mass is 289 g/mol. The number of hydrogen-bond donors (Lipinski definition) is 6. The first kappa shape index (κ1) is 14.0. The molecule has 2 heterocycles. The molecule has 11 nitrogen and oxygen atoms in total. The Morgan fingerprint density at radius 2 is 1.78 bits per heavy atom. The molecule has 0 spiro atoms. The Morgan fingerprint density at radius 1 is 1.22 bits per heavy atom. The molecule has 0 aromatic heterocycles. The van der Waals surface area contributed by atoms with Crippen LogP contribution in [0.1, 0.15) is 0 Å². The summed E-state index contributed by atoms with van der Waals surface area (Å²) in [7, 11) is -5.00. The second-order valence-corrected chi connectivity index (χ2v) is 5.05. The predicted molar refractivity (Wildman–Crippen MR) is 48.1 cm³/mol. The topological polar surface area (TPSA) is 189 Å². The van der Waals surface area contributed by atoms with E-state index < -0.39 is 46.7 Å². The third-order valence-electron chi connectivity index (χ3n) is 2.72. The second-order valence-electron chi connectivity index (χ2n) is 3.90. The van der Waals surface area contributed by atoms with E-state index in [2.05, 4.69) is 13.1 Å². The maximum absolute atomic E-state index is 11.1. The summed E-state index contributed by atoms with van der Waals surface area (Å²) in [5.74, 6) is -6.78. The standard InChI is InChI=1S/C6H11NO10S/c7-5(11)4(10)3(9)2(1-8)15-6(5,12)17-18(13,14)16-4/h2-3,8-12H,1,7H2. The molecule has 2 rings (SSSR count). The highest BCUT2D eigenvalue weighted by Crippen LogP contribution is 2.47. The molecule has 2 bridgehead atoms. The highest BCUT2D eigenvalue weighted by molar-refractivity contribution is 7.82. The van der Waals surface area contributed by atoms with Crippen molar-refractivity contribution >= 4 is 10.4 Å². The van der Waals surface area contributed by atoms with Gasteiger partial charge in [0.1, 0.15) is 12.2 Å². The van der Waals surface area contributed by atoms with Gasteiger partial charge in [-0.2, -0.15) is 12.6 Å². The number of hydrogen-bond acceptors (Lipinski definition) is 11. The van der Waals surface area contributed by atoms with Crippen LogP contribution in [0.5, 0.6) is 0 Å². The Morgan fingerprint density at radius 3 is 2.28 bits per heavy atom. The fraction of sp³-hybridized carbons (Fsp3) is 1.00. The normalized spacial score (nSPS) is 55.2. The first-order valence-corrected chi connectivity index (χ1v) is 5.91. The molecule has 0 aromatic rings. The molecule has 5 atom stereocenters. The van der Waals surface area contributed by atoms with E-state index in [4.69, 9.17) is 10.8 Å². The SMILES string of the molecule is NC1(O)C2(O)OC(CO)C(O)C1(O)OS(=O)(=O)O2. The number of ether oxygens (including phenoxy) is 1. The van der Waals surface area contributed by atoms with E-state index in [9.17, 15) is 28.8 Å². The van der Waals surface area contributed by atoms with Crippen molar-refractivity contribution in [2.24, 2.45) is 5.73 Å². The van der Waals surface area contributed by atoms with Gasteiger partial charge in [0.15, 0.2) is 0 Å². The Hall–Kier alpha value is -0.410. The van der Waals surface area contributed by atoms with Crippen molar-refractivity contribution in [2.75, 3.05) is 6.61 Å². The minimum Gasteiger partial charge on any atom is -0.394 e. The van der Waals surface area contributed by atoms with Gasteiger partial charge in [0.25, 0.3) is 11.5 Å². The van der Waals surface area contributed by atoms with Crippen molar-refractivity contribution in [2.45, 2.75) is 29.7 Å². The molecule has 0 radical (unpaired) electrons. The van der Waals surface area contributed by atoms with Crippen molar-refractivity contribution in [3.63, 3.8) is 0 Å². The van der Waals surface area contributed by atoms with Crippen LogP contribution in [-0.2, 0) is 23.5 Å². The average Bonchev–Trinajstić information content (AvgIpc) is 2.19. The summed E-state index contributed by atoms with van der Waals surface area (Å²) in [6, 6.07) is 0. The molecule has 2 saturated heterocycles. The zero-order valence-electron chi connectivity index (χ0n) is 8.62. The summed E-state index contributed by atoms with van der Waals surface area (Å²) in [4.78, 5) is 0. The average molecular weight is 289 g/mol. The number of aliphatic hydroxyl groups is 5. The van der Waals surface area contributed by atoms with Gasteiger partial charge in [0, 0.05) is 0 Å². The van der Waals surface area contributed by atoms with E-state index >= 15 is 0 Å². The fourth-order valence-electron chi connectivity index (χ4n) is 1.71. The van der Waals surface area contributed by atoms with E-state index in [1.54, 1.807) is 0 Å². The van der Waals surface area contributed by atoms with Gasteiger partial charge in [-0.25, -0.2) is 4.18 Å². The molecule has 5 unspecified atom stereocenters. The fourth-order valence-corrected chi connectivity index (χ4v) is 2.72. The number of fused-ring (bicyclic) bond motifs is 2. The third kappa shape index (κ3) is 1.53. The predicted octanol–water partition coefficient (Wildman–Crippen LogP) is -4.99. The number of aliphatic hydroxyl groups excluding tert-OH is 2. The van der Waals surface area contributed by atoms with Crippen molar-refractivity contribution < 1.29 is 47.1 Å². The Bertz CT molecular complexity index is 463. The minimum atomic E-state index is -5.00. The molecule has 106 valence electrons. The van der Waals surface area contributed by atoms with E-state index in [1.165, 1.54) is 0 Å². The molecule has 2 fully saturated rings. The van der Waals surface area contributed by atoms with Crippen LogP contribution in [0.15, 0.2) is 0 Å². The van der Waals surface area contributed by atoms with Gasteiger partial charge in [-0.05, 0) is 0 Å². The van der Waals surface area contributed by atoms with Crippen molar-refractivity contribution in [3.05, 3.63) is 0 Å². The van der Waals surface area contributed by atoms with Gasteiger partial charge in [-0.3, -0.25) is 5.73 Å². The Kier molecular flexibility index (Phi) is 2.78. The maximum atomic E-state index is 11.1. The summed E-state index contributed by atoms with van der Waals surface area (Å²) in [6.45, 7) is -0.950. The van der Waals surface area contributed by atoms with Crippen LogP contribution >= 0.6 is 0 Å². The zero-order chi connectivity index (χ0) is 14.0. The van der Waals surface area contributed by atoms with E-state index in [1.807, 2.05) is 0 Å². The van der Waals surface area contributed by atoms with Crippen LogP contribution in [0.3, 0.4) is 0 Å². The quantitative estimate of drug-likeness (QED) is 0.253. The lowest BCUT2D eigenvalue weighted by atomic mass is 9.88. The van der Waals surface area contributed by atoms with Gasteiger partial charge >= 0.3 is 16.4 Å². The van der Waals surface area contributed by atoms with Gasteiger partial charge < -0.3 is 30.3 Å². The van der Waals surface area contributed by atoms with Crippen LogP contribution in [-0.4, -0.2) is 70.3 Å². The molecule has 0 aliphatic carbocycles. The molecule has 2 aliphatic heterocycles. The van der Waals surface area contributed by atoms with Crippen LogP contribution < -0.4 is 5.73 Å². The van der Waals surface area contributed by atoms with Crippen molar-refractivity contribution in [1.82, 2.24) is 0 Å². The highest BCUT2D eigenvalue weighted by Gasteiger charge is 2.78. The molecule has 7 N–H and O–H groups in total. The first-order chi connectivity index (χ1) is 7.99. The van der Waals surface area contributed by atoms with Gasteiger partial charge in [0.2, 0.25) is 0 Å². The molecule has 12 heteroatoms. The summed E-state index contributed by atoms with van der Waals surface area (Å²) in [5.41, 5.74) is 1.78. The van der Waals surface area contributed by atoms with E-state index in [-0.39, 0.29) is 0 Å². The molecular formula is C6H11NO10S. The lowest BCUT2D eigenvalue weighted by molar-refractivity contribution is -0.518. The molecule has 18 heavy (non-hydrogen) atoms. The summed E-state index contributed by atoms with van der Waals surface area (Å²) in [6.07, 6.45) is -3.98. The third-order valence-corrected chi connectivity index (χ3v) is 3.60. The Labute approximate surface area is 100 Å². The zero-order valence-corrected chi connectivity index (χ0v) is 9.44. The van der Waals surface area contributed by atoms with Crippen molar-refractivity contribution in [3.8, 4) is 0 Å². The highest BCUT2D eigenvalue weighted by atomic mass is 32.3. The lowest BCUT2D eigenvalue weighted by Crippen LogP contribution is -2.87. The minimum absolute atomic E-state index is 0.950. The number of rotatable bonds is 1. The van der Waals surface area contributed by atoms with E-state index in [0.29, 0.717) is 0 Å². The van der Waals surface area contributed by atoms with Gasteiger partial charge in [-0.15, -0.1) is 0 Å². The maximum Gasteiger partial charge on any atom is 0.407 e. The van der Waals surface area contributed by atoms with Crippen LogP contribution in [0.4, 0.5) is 0 Å². The van der Waals surface area contributed by atoms with Gasteiger partial charge in [0.05, 0.1) is 6.61 Å². The molecule has 0 amide bonds. The smallest absolute Gasteiger partial charge is 0.394 e. The summed E-state index contributed by atoms with van der Waals surface area (Å²) < 4.78 is 34.6. The molecule has 2 aliphatic rings. The summed E-state index contributed by atoms with van der Waals surface area (Å²) in [5, 5.41) is 47.7. The van der Waals surface area contributed by atoms with E-state index in [0.717, 1.165) is 0 Å². The molecular weight excluding hydrogens is 278 g/mol. The van der Waals surface area contributed by atoms with Crippen LogP contribution in [0.25, 0.3) is 0 Å². The molecule has 0 aromatic carbocycles. The Balaban J connectivity index is 2.60. The van der Waals surface area contributed by atoms with Crippen LogP contribution in [0.2, 0.25) is 0 Å². The number of nitrogens with two attached hydrogens (primary N) is 1. The summed E-state index contributed by atoms with van der Waals surface area (Å²) >= 11 is 0. The van der Waals surface area contributed by atoms with Crippen molar-refractivity contribution in [1.29, 1.82) is 0 Å². The van der Waals surface area contributed by atoms with Crippen LogP contribution in [0, 0.1) is 0 Å². The lowest BCUT2D eigenvalue weighted by Gasteiger charge is -2.56.